The molecule has 1 rings (SSSR count). The molecule has 1 aromatic heterocycles. The first-order chi connectivity index (χ1) is 7.40. The molecule has 0 bridgehead atoms. The van der Waals surface area contributed by atoms with E-state index >= 15 is 0 Å². The highest BCUT2D eigenvalue weighted by Crippen LogP contribution is 2.14. The van der Waals surface area contributed by atoms with Crippen LogP contribution in [-0.2, 0) is 4.74 Å². The molecular weight excluding hydrogens is 210 g/mol. The monoisotopic (exact) mass is 223 g/mol. The summed E-state index contributed by atoms with van der Waals surface area (Å²) in [5.41, 5.74) is 0.536. The number of hydrogen-bond donors (Lipinski definition) is 1. The first-order valence-electron chi connectivity index (χ1n) is 4.72. The fourth-order valence-electron chi connectivity index (χ4n) is 1.70. The average Bonchev–Trinajstić information content (AvgIpc) is 2.15. The molecule has 0 aliphatic carbocycles. The van der Waals surface area contributed by atoms with Gasteiger partial charge in [0.2, 0.25) is 0 Å². The molecule has 0 saturated heterocycles. The molecule has 1 heterocycles. The molecule has 0 aliphatic heterocycles. The number of aromatic nitrogens is 1. The van der Waals surface area contributed by atoms with Gasteiger partial charge in [0.05, 0.1) is 18.2 Å². The van der Waals surface area contributed by atoms with Crippen molar-refractivity contribution in [1.29, 1.82) is 0 Å². The van der Waals surface area contributed by atoms with Gasteiger partial charge in [-0.1, -0.05) is 0 Å². The van der Waals surface area contributed by atoms with Crippen molar-refractivity contribution >= 4 is 11.8 Å². The van der Waals surface area contributed by atoms with Gasteiger partial charge in [-0.15, -0.1) is 0 Å². The van der Waals surface area contributed by atoms with E-state index in [1.54, 1.807) is 13.8 Å². The van der Waals surface area contributed by atoms with Crippen LogP contribution in [0.5, 0.6) is 0 Å². The van der Waals surface area contributed by atoms with E-state index in [4.69, 9.17) is 0 Å². The van der Waals surface area contributed by atoms with E-state index in [1.165, 1.54) is 14.0 Å². The number of esters is 1. The number of aromatic amines is 1. The summed E-state index contributed by atoms with van der Waals surface area (Å²) in [7, 11) is 1.25. The third kappa shape index (κ3) is 1.88. The van der Waals surface area contributed by atoms with Crippen LogP contribution in [0.3, 0.4) is 0 Å². The predicted octanol–water partition coefficient (Wildman–Crippen LogP) is 0.981. The van der Waals surface area contributed by atoms with Crippen LogP contribution in [0, 0.1) is 13.8 Å². The largest absolute Gasteiger partial charge is 0.465 e. The van der Waals surface area contributed by atoms with Crippen LogP contribution in [0.1, 0.15) is 38.9 Å². The third-order valence-electron chi connectivity index (χ3n) is 2.39. The first kappa shape index (κ1) is 12.2. The summed E-state index contributed by atoms with van der Waals surface area (Å²) in [6, 6.07) is 0. The lowest BCUT2D eigenvalue weighted by Crippen LogP contribution is -2.23. The third-order valence-corrected chi connectivity index (χ3v) is 2.39. The molecule has 0 fully saturated rings. The number of aryl methyl sites for hydroxylation is 1. The maximum atomic E-state index is 11.5. The van der Waals surface area contributed by atoms with Gasteiger partial charge in [-0.3, -0.25) is 9.59 Å². The molecule has 0 atom stereocenters. The SMILES string of the molecule is COC(=O)c1c(C)[nH]c(=O)c(C(C)=O)c1C. The van der Waals surface area contributed by atoms with Gasteiger partial charge in [0.25, 0.3) is 5.56 Å². The molecule has 0 saturated carbocycles. The van der Waals surface area contributed by atoms with E-state index in [1.807, 2.05) is 0 Å². The molecule has 0 spiro atoms. The van der Waals surface area contributed by atoms with Crippen molar-refractivity contribution in [2.24, 2.45) is 0 Å². The molecule has 1 aromatic rings. The Bertz CT molecular complexity index is 513. The first-order valence-corrected chi connectivity index (χ1v) is 4.72. The van der Waals surface area contributed by atoms with Crippen LogP contribution >= 0.6 is 0 Å². The number of rotatable bonds is 2. The minimum Gasteiger partial charge on any atom is -0.465 e. The van der Waals surface area contributed by atoms with Crippen molar-refractivity contribution in [3.05, 3.63) is 32.7 Å². The second kappa shape index (κ2) is 4.30. The Morgan fingerprint density at radius 2 is 1.75 bits per heavy atom. The molecule has 86 valence electrons. The molecule has 0 aliphatic rings. The second-order valence-corrected chi connectivity index (χ2v) is 3.50. The molecule has 0 amide bonds. The summed E-state index contributed by atoms with van der Waals surface area (Å²) in [6.07, 6.45) is 0. The van der Waals surface area contributed by atoms with Crippen molar-refractivity contribution in [2.45, 2.75) is 20.8 Å². The number of ketones is 1. The number of nitrogens with one attached hydrogen (secondary N) is 1. The van der Waals surface area contributed by atoms with E-state index < -0.39 is 11.5 Å². The van der Waals surface area contributed by atoms with E-state index in [0.717, 1.165) is 0 Å². The Morgan fingerprint density at radius 3 is 2.19 bits per heavy atom. The van der Waals surface area contributed by atoms with E-state index in [0.29, 0.717) is 11.3 Å². The van der Waals surface area contributed by atoms with Gasteiger partial charge < -0.3 is 9.72 Å². The second-order valence-electron chi connectivity index (χ2n) is 3.50. The van der Waals surface area contributed by atoms with Crippen molar-refractivity contribution < 1.29 is 14.3 Å². The molecule has 5 nitrogen and oxygen atoms in total. The van der Waals surface area contributed by atoms with E-state index in [-0.39, 0.29) is 16.9 Å². The number of ether oxygens (including phenoxy) is 1. The van der Waals surface area contributed by atoms with Crippen molar-refractivity contribution in [1.82, 2.24) is 4.98 Å². The quantitative estimate of drug-likeness (QED) is 0.599. The summed E-state index contributed by atoms with van der Waals surface area (Å²) in [4.78, 5) is 36.8. The number of carbonyl (C=O) groups is 2. The summed E-state index contributed by atoms with van der Waals surface area (Å²) in [6.45, 7) is 4.43. The van der Waals surface area contributed by atoms with E-state index in [9.17, 15) is 14.4 Å². The lowest BCUT2D eigenvalue weighted by molar-refractivity contribution is 0.0598. The molecule has 5 heteroatoms. The zero-order valence-corrected chi connectivity index (χ0v) is 9.63. The van der Waals surface area contributed by atoms with Crippen molar-refractivity contribution in [3.63, 3.8) is 0 Å². The van der Waals surface area contributed by atoms with Crippen LogP contribution in [0.4, 0.5) is 0 Å². The smallest absolute Gasteiger partial charge is 0.339 e. The Labute approximate surface area is 92.4 Å². The predicted molar refractivity (Wildman–Crippen MR) is 57.9 cm³/mol. The van der Waals surface area contributed by atoms with Gasteiger partial charge in [-0.2, -0.15) is 0 Å². The standard InChI is InChI=1S/C11H13NO4/c1-5-8(11(15)16-4)6(2)12-10(14)9(5)7(3)13/h1-4H3,(H,12,14). The van der Waals surface area contributed by atoms with Crippen LogP contribution < -0.4 is 5.56 Å². The van der Waals surface area contributed by atoms with Gasteiger partial charge in [0.1, 0.15) is 0 Å². The Kier molecular flexibility index (Phi) is 3.27. The normalized spacial score (nSPS) is 10.0. The fraction of sp³-hybridized carbons (Fsp3) is 0.364. The molecule has 1 N–H and O–H groups in total. The highest BCUT2D eigenvalue weighted by atomic mass is 16.5. The van der Waals surface area contributed by atoms with Crippen molar-refractivity contribution in [3.8, 4) is 0 Å². The molecule has 0 unspecified atom stereocenters. The average molecular weight is 223 g/mol. The number of Topliss-reactive ketones (excluding diaryl/α,β-unsaturated/α-hetero) is 1. The highest BCUT2D eigenvalue weighted by molar-refractivity contribution is 6.00. The number of methoxy groups -OCH3 is 1. The fourth-order valence-corrected chi connectivity index (χ4v) is 1.70. The highest BCUT2D eigenvalue weighted by Gasteiger charge is 2.20. The van der Waals surface area contributed by atoms with Crippen LogP contribution in [0.2, 0.25) is 0 Å². The Morgan fingerprint density at radius 1 is 1.19 bits per heavy atom. The summed E-state index contributed by atoms with van der Waals surface area (Å²) in [5.74, 6) is -0.933. The van der Waals surface area contributed by atoms with Gasteiger partial charge in [0, 0.05) is 5.69 Å². The maximum absolute atomic E-state index is 11.5. The topological polar surface area (TPSA) is 76.2 Å². The number of carbonyl (C=O) groups excluding carboxylic acids is 2. The zero-order chi connectivity index (χ0) is 12.5. The summed E-state index contributed by atoms with van der Waals surface area (Å²) in [5, 5.41) is 0. The van der Waals surface area contributed by atoms with Crippen LogP contribution in [0.25, 0.3) is 0 Å². The minimum atomic E-state index is -0.561. The number of pyridine rings is 1. The Hall–Kier alpha value is -1.91. The zero-order valence-electron chi connectivity index (χ0n) is 9.63. The van der Waals surface area contributed by atoms with Crippen LogP contribution in [0.15, 0.2) is 4.79 Å². The Balaban J connectivity index is 3.64. The molecule has 16 heavy (non-hydrogen) atoms. The number of H-pyrrole nitrogens is 1. The molecular formula is C11H13NO4. The van der Waals surface area contributed by atoms with Gasteiger partial charge in [-0.05, 0) is 26.3 Å². The van der Waals surface area contributed by atoms with E-state index in [2.05, 4.69) is 9.72 Å². The van der Waals surface area contributed by atoms with Crippen molar-refractivity contribution in [2.75, 3.05) is 7.11 Å². The lowest BCUT2D eigenvalue weighted by atomic mass is 10.0. The van der Waals surface area contributed by atoms with Gasteiger partial charge in [-0.25, -0.2) is 4.79 Å². The van der Waals surface area contributed by atoms with Gasteiger partial charge >= 0.3 is 5.97 Å². The molecule has 0 aromatic carbocycles. The van der Waals surface area contributed by atoms with Crippen LogP contribution in [-0.4, -0.2) is 23.8 Å². The maximum Gasteiger partial charge on any atom is 0.339 e. The minimum absolute atomic E-state index is 0.00556. The number of hydrogen-bond acceptors (Lipinski definition) is 4. The van der Waals surface area contributed by atoms with Gasteiger partial charge in [0.15, 0.2) is 5.78 Å². The summed E-state index contributed by atoms with van der Waals surface area (Å²) < 4.78 is 4.60. The summed E-state index contributed by atoms with van der Waals surface area (Å²) >= 11 is 0. The lowest BCUT2D eigenvalue weighted by Gasteiger charge is -2.09. The molecule has 0 radical (unpaired) electrons.